The summed E-state index contributed by atoms with van der Waals surface area (Å²) in [6.07, 6.45) is 1.56. The lowest BCUT2D eigenvalue weighted by Crippen LogP contribution is -2.30. The Labute approximate surface area is 96.6 Å². The number of hydrogen-bond donors (Lipinski definition) is 1. The Morgan fingerprint density at radius 3 is 2.94 bits per heavy atom. The van der Waals surface area contributed by atoms with Crippen molar-refractivity contribution in [1.82, 2.24) is 0 Å². The predicted molar refractivity (Wildman–Crippen MR) is 65.2 cm³/mol. The van der Waals surface area contributed by atoms with E-state index in [1.54, 1.807) is 7.11 Å². The Kier molecular flexibility index (Phi) is 3.06. The van der Waals surface area contributed by atoms with E-state index in [2.05, 4.69) is 24.1 Å². The number of rotatable bonds is 3. The molecule has 2 unspecified atom stereocenters. The van der Waals surface area contributed by atoms with Gasteiger partial charge < -0.3 is 14.7 Å². The summed E-state index contributed by atoms with van der Waals surface area (Å²) < 4.78 is 5.22. The molecule has 88 valence electrons. The summed E-state index contributed by atoms with van der Waals surface area (Å²) in [6, 6.07) is 6.58. The Morgan fingerprint density at radius 2 is 2.31 bits per heavy atom. The third-order valence-corrected chi connectivity index (χ3v) is 3.28. The van der Waals surface area contributed by atoms with Gasteiger partial charge in [0.05, 0.1) is 13.2 Å². The third kappa shape index (κ3) is 2.00. The molecule has 1 aliphatic heterocycles. The number of nitrogens with zero attached hydrogens (tertiary/aromatic N) is 1. The van der Waals surface area contributed by atoms with Crippen molar-refractivity contribution in [1.29, 1.82) is 0 Å². The molecule has 2 atom stereocenters. The summed E-state index contributed by atoms with van der Waals surface area (Å²) in [7, 11) is 3.78. The quantitative estimate of drug-likeness (QED) is 0.845. The molecule has 0 spiro atoms. The van der Waals surface area contributed by atoms with E-state index in [0.717, 1.165) is 18.6 Å². The second kappa shape index (κ2) is 4.34. The molecule has 1 heterocycles. The largest absolute Gasteiger partial charge is 0.497 e. The van der Waals surface area contributed by atoms with Gasteiger partial charge in [-0.25, -0.2) is 0 Å². The van der Waals surface area contributed by atoms with Crippen molar-refractivity contribution in [2.75, 3.05) is 19.1 Å². The Bertz CT molecular complexity index is 376. The zero-order valence-corrected chi connectivity index (χ0v) is 10.1. The maximum absolute atomic E-state index is 9.46. The minimum Gasteiger partial charge on any atom is -0.497 e. The number of aliphatic hydroxyl groups is 1. The van der Waals surface area contributed by atoms with Crippen LogP contribution in [0.3, 0.4) is 0 Å². The predicted octanol–water partition coefficient (Wildman–Crippen LogP) is 1.83. The van der Waals surface area contributed by atoms with Gasteiger partial charge in [-0.3, -0.25) is 0 Å². The van der Waals surface area contributed by atoms with Gasteiger partial charge in [-0.05, 0) is 43.5 Å². The van der Waals surface area contributed by atoms with Gasteiger partial charge in [0.15, 0.2) is 0 Å². The van der Waals surface area contributed by atoms with Crippen molar-refractivity contribution in [3.8, 4) is 5.75 Å². The fourth-order valence-corrected chi connectivity index (χ4v) is 2.42. The van der Waals surface area contributed by atoms with Gasteiger partial charge >= 0.3 is 0 Å². The zero-order chi connectivity index (χ0) is 11.7. The Balaban J connectivity index is 2.20. The van der Waals surface area contributed by atoms with E-state index in [1.165, 1.54) is 11.3 Å². The van der Waals surface area contributed by atoms with Crippen molar-refractivity contribution in [3.63, 3.8) is 0 Å². The molecule has 3 heteroatoms. The van der Waals surface area contributed by atoms with Crippen molar-refractivity contribution in [2.24, 2.45) is 0 Å². The van der Waals surface area contributed by atoms with E-state index in [9.17, 15) is 5.11 Å². The molecule has 0 bridgehead atoms. The second-order valence-electron chi connectivity index (χ2n) is 4.55. The maximum atomic E-state index is 9.46. The highest BCUT2D eigenvalue weighted by atomic mass is 16.5. The lowest BCUT2D eigenvalue weighted by atomic mass is 10.1. The maximum Gasteiger partial charge on any atom is 0.119 e. The molecule has 1 aromatic rings. The number of aliphatic hydroxyl groups excluding tert-OH is 1. The SMILES string of the molecule is COc1ccc2c(c1)CC(CC(C)O)N2C. The normalized spacial score (nSPS) is 20.8. The summed E-state index contributed by atoms with van der Waals surface area (Å²) in [5.74, 6) is 0.907. The molecular weight excluding hydrogens is 202 g/mol. The van der Waals surface area contributed by atoms with Crippen LogP contribution in [0.2, 0.25) is 0 Å². The lowest BCUT2D eigenvalue weighted by Gasteiger charge is -2.23. The summed E-state index contributed by atoms with van der Waals surface area (Å²) in [5, 5.41) is 9.46. The van der Waals surface area contributed by atoms with Crippen molar-refractivity contribution < 1.29 is 9.84 Å². The van der Waals surface area contributed by atoms with Gasteiger partial charge in [0.25, 0.3) is 0 Å². The highest BCUT2D eigenvalue weighted by Crippen LogP contribution is 2.34. The van der Waals surface area contributed by atoms with Crippen molar-refractivity contribution in [2.45, 2.75) is 31.9 Å². The molecule has 16 heavy (non-hydrogen) atoms. The van der Waals surface area contributed by atoms with Crippen LogP contribution in [0.5, 0.6) is 5.75 Å². The molecule has 0 amide bonds. The fraction of sp³-hybridized carbons (Fsp3) is 0.538. The molecule has 0 aliphatic carbocycles. The Morgan fingerprint density at radius 1 is 1.56 bits per heavy atom. The van der Waals surface area contributed by atoms with Gasteiger partial charge in [-0.2, -0.15) is 0 Å². The van der Waals surface area contributed by atoms with E-state index < -0.39 is 0 Å². The summed E-state index contributed by atoms with van der Waals surface area (Å²) in [5.41, 5.74) is 2.57. The van der Waals surface area contributed by atoms with Gasteiger partial charge in [0.1, 0.15) is 5.75 Å². The number of ether oxygens (including phenoxy) is 1. The number of fused-ring (bicyclic) bond motifs is 1. The van der Waals surface area contributed by atoms with Crippen LogP contribution < -0.4 is 9.64 Å². The van der Waals surface area contributed by atoms with Crippen molar-refractivity contribution >= 4 is 5.69 Å². The number of methoxy groups -OCH3 is 1. The number of hydrogen-bond acceptors (Lipinski definition) is 3. The van der Waals surface area contributed by atoms with Gasteiger partial charge in [0.2, 0.25) is 0 Å². The fourth-order valence-electron chi connectivity index (χ4n) is 2.42. The van der Waals surface area contributed by atoms with E-state index in [4.69, 9.17) is 4.74 Å². The number of anilines is 1. The summed E-state index contributed by atoms with van der Waals surface area (Å²) in [6.45, 7) is 1.84. The molecule has 0 radical (unpaired) electrons. The van der Waals surface area contributed by atoms with E-state index in [1.807, 2.05) is 13.0 Å². The van der Waals surface area contributed by atoms with Crippen molar-refractivity contribution in [3.05, 3.63) is 23.8 Å². The molecule has 1 aromatic carbocycles. The standard InChI is InChI=1S/C13H19NO2/c1-9(15)6-11-7-10-8-12(16-3)4-5-13(10)14(11)2/h4-5,8-9,11,15H,6-7H2,1-3H3. The topological polar surface area (TPSA) is 32.7 Å². The first-order valence-electron chi connectivity index (χ1n) is 5.69. The van der Waals surface area contributed by atoms with E-state index in [-0.39, 0.29) is 6.10 Å². The molecule has 1 N–H and O–H groups in total. The van der Waals surface area contributed by atoms with Crippen LogP contribution in [0.1, 0.15) is 18.9 Å². The lowest BCUT2D eigenvalue weighted by molar-refractivity contribution is 0.175. The monoisotopic (exact) mass is 221 g/mol. The minimum absolute atomic E-state index is 0.247. The Hall–Kier alpha value is -1.22. The molecule has 3 nitrogen and oxygen atoms in total. The molecule has 0 saturated carbocycles. The third-order valence-electron chi connectivity index (χ3n) is 3.28. The van der Waals surface area contributed by atoms with E-state index >= 15 is 0 Å². The van der Waals surface area contributed by atoms with E-state index in [0.29, 0.717) is 6.04 Å². The molecule has 2 rings (SSSR count). The average Bonchev–Trinajstić information content (AvgIpc) is 2.54. The molecule has 1 aliphatic rings. The summed E-state index contributed by atoms with van der Waals surface area (Å²) in [4.78, 5) is 2.25. The minimum atomic E-state index is -0.247. The van der Waals surface area contributed by atoms with Gasteiger partial charge in [-0.15, -0.1) is 0 Å². The second-order valence-corrected chi connectivity index (χ2v) is 4.55. The molecular formula is C13H19NO2. The first-order valence-corrected chi connectivity index (χ1v) is 5.69. The first-order chi connectivity index (χ1) is 7.61. The molecule has 0 fully saturated rings. The van der Waals surface area contributed by atoms with Crippen LogP contribution in [-0.2, 0) is 6.42 Å². The zero-order valence-electron chi connectivity index (χ0n) is 10.1. The van der Waals surface area contributed by atoms with Crippen LogP contribution in [0.25, 0.3) is 0 Å². The van der Waals surface area contributed by atoms with Crippen LogP contribution in [-0.4, -0.2) is 31.4 Å². The number of likely N-dealkylation sites (N-methyl/N-ethyl adjacent to an activating group) is 1. The van der Waals surface area contributed by atoms with Crippen LogP contribution in [0, 0.1) is 0 Å². The van der Waals surface area contributed by atoms with Crippen LogP contribution in [0.15, 0.2) is 18.2 Å². The summed E-state index contributed by atoms with van der Waals surface area (Å²) >= 11 is 0. The average molecular weight is 221 g/mol. The van der Waals surface area contributed by atoms with Gasteiger partial charge in [-0.1, -0.05) is 0 Å². The first kappa shape index (κ1) is 11.3. The highest BCUT2D eigenvalue weighted by Gasteiger charge is 2.27. The number of benzene rings is 1. The highest BCUT2D eigenvalue weighted by molar-refractivity contribution is 5.61. The molecule has 0 saturated heterocycles. The van der Waals surface area contributed by atoms with Crippen LogP contribution in [0.4, 0.5) is 5.69 Å². The van der Waals surface area contributed by atoms with Gasteiger partial charge in [0, 0.05) is 18.8 Å². The van der Waals surface area contributed by atoms with Crippen LogP contribution >= 0.6 is 0 Å². The smallest absolute Gasteiger partial charge is 0.119 e. The molecule has 0 aromatic heterocycles.